The first-order valence-electron chi connectivity index (χ1n) is 5.76. The Hall–Kier alpha value is -1.94. The van der Waals surface area contributed by atoms with Crippen LogP contribution in [0.4, 0.5) is 0 Å². The van der Waals surface area contributed by atoms with E-state index in [0.717, 1.165) is 21.9 Å². The molecule has 98 valence electrons. The summed E-state index contributed by atoms with van der Waals surface area (Å²) in [5.41, 5.74) is 2.38. The molecule has 2 rings (SSSR count). The number of rotatable bonds is 4. The zero-order chi connectivity index (χ0) is 13.8. The predicted molar refractivity (Wildman–Crippen MR) is 72.7 cm³/mol. The van der Waals surface area contributed by atoms with Crippen molar-refractivity contribution in [2.24, 2.45) is 0 Å². The van der Waals surface area contributed by atoms with E-state index in [1.54, 1.807) is 0 Å². The van der Waals surface area contributed by atoms with Crippen LogP contribution >= 0.6 is 11.6 Å². The summed E-state index contributed by atoms with van der Waals surface area (Å²) in [6.45, 7) is 4.11. The molecule has 0 fully saturated rings. The highest BCUT2D eigenvalue weighted by Crippen LogP contribution is 2.26. The monoisotopic (exact) mass is 276 g/mol. The van der Waals surface area contributed by atoms with Crippen molar-refractivity contribution in [1.82, 2.24) is 9.97 Å². The number of hydrogen-bond acceptors (Lipinski definition) is 4. The number of aryl methyl sites for hydroxylation is 2. The molecule has 0 amide bonds. The van der Waals surface area contributed by atoms with Crippen LogP contribution in [0.15, 0.2) is 24.5 Å². The third kappa shape index (κ3) is 3.29. The van der Waals surface area contributed by atoms with Gasteiger partial charge < -0.3 is 4.74 Å². The number of nitrogens with zero attached hydrogens (tertiary/aromatic N) is 2. The van der Waals surface area contributed by atoms with Gasteiger partial charge in [0.05, 0.1) is 5.56 Å². The fourth-order valence-electron chi connectivity index (χ4n) is 1.64. The molecule has 0 atom stereocenters. The van der Waals surface area contributed by atoms with Crippen LogP contribution < -0.4 is 4.74 Å². The Morgan fingerprint density at radius 3 is 2.32 bits per heavy atom. The largest absolute Gasteiger partial charge is 0.486 e. The van der Waals surface area contributed by atoms with Crippen LogP contribution in [0, 0.1) is 13.8 Å². The van der Waals surface area contributed by atoms with Crippen molar-refractivity contribution in [2.75, 3.05) is 0 Å². The number of carbonyl (C=O) groups is 1. The number of hydrogen-bond donors (Lipinski definition) is 0. The van der Waals surface area contributed by atoms with E-state index < -0.39 is 0 Å². The lowest BCUT2D eigenvalue weighted by molar-refractivity contribution is 0.112. The molecule has 4 nitrogen and oxygen atoms in total. The van der Waals surface area contributed by atoms with Gasteiger partial charge in [0.1, 0.15) is 12.4 Å². The molecule has 1 aromatic heterocycles. The lowest BCUT2D eigenvalue weighted by atomic mass is 10.1. The zero-order valence-electron chi connectivity index (χ0n) is 10.7. The number of ether oxygens (including phenoxy) is 1. The van der Waals surface area contributed by atoms with Crippen molar-refractivity contribution in [2.45, 2.75) is 20.5 Å². The van der Waals surface area contributed by atoms with Crippen molar-refractivity contribution in [3.05, 3.63) is 52.1 Å². The summed E-state index contributed by atoms with van der Waals surface area (Å²) in [5, 5.41) is 0.749. The Bertz CT molecular complexity index is 574. The quantitative estimate of drug-likeness (QED) is 0.805. The number of benzene rings is 1. The Morgan fingerprint density at radius 2 is 1.79 bits per heavy atom. The number of halogens is 1. The van der Waals surface area contributed by atoms with Crippen LogP contribution in [0.5, 0.6) is 5.75 Å². The Kier molecular flexibility index (Phi) is 4.12. The van der Waals surface area contributed by atoms with Gasteiger partial charge in [-0.2, -0.15) is 0 Å². The Morgan fingerprint density at radius 1 is 1.21 bits per heavy atom. The third-order valence-electron chi connectivity index (χ3n) is 2.64. The first-order valence-corrected chi connectivity index (χ1v) is 6.13. The van der Waals surface area contributed by atoms with Crippen LogP contribution in [0.25, 0.3) is 0 Å². The topological polar surface area (TPSA) is 52.1 Å². The lowest BCUT2D eigenvalue weighted by Gasteiger charge is -2.09. The van der Waals surface area contributed by atoms with Crippen LogP contribution in [0.3, 0.4) is 0 Å². The maximum absolute atomic E-state index is 10.5. The van der Waals surface area contributed by atoms with E-state index in [4.69, 9.17) is 16.3 Å². The number of carbonyl (C=O) groups excluding carboxylic acids is 1. The second-order valence-corrected chi connectivity index (χ2v) is 4.59. The summed E-state index contributed by atoms with van der Waals surface area (Å²) in [4.78, 5) is 18.5. The number of aromatic nitrogens is 2. The minimum atomic E-state index is 0.250. The summed E-state index contributed by atoms with van der Waals surface area (Å²) < 4.78 is 5.61. The molecule has 0 aliphatic heterocycles. The molecule has 0 aliphatic rings. The lowest BCUT2D eigenvalue weighted by Crippen LogP contribution is -2.02. The molecule has 0 saturated heterocycles. The maximum Gasteiger partial charge on any atom is 0.166 e. The van der Waals surface area contributed by atoms with E-state index in [1.807, 2.05) is 26.0 Å². The fraction of sp³-hybridized carbons (Fsp3) is 0.214. The van der Waals surface area contributed by atoms with Crippen molar-refractivity contribution < 1.29 is 9.53 Å². The molecular weight excluding hydrogens is 264 g/mol. The molecule has 0 radical (unpaired) electrons. The standard InChI is InChI=1S/C14H13ClN2O2/c1-9-3-12(4-10(2)14(9)15)19-8-13-16-5-11(7-18)6-17-13/h3-7H,8H2,1-2H3. The molecule has 0 bridgehead atoms. The van der Waals surface area contributed by atoms with E-state index in [1.165, 1.54) is 12.4 Å². The molecule has 0 N–H and O–H groups in total. The molecule has 19 heavy (non-hydrogen) atoms. The normalized spacial score (nSPS) is 10.3. The SMILES string of the molecule is Cc1cc(OCc2ncc(C=O)cn2)cc(C)c1Cl. The van der Waals surface area contributed by atoms with Crippen molar-refractivity contribution in [3.8, 4) is 5.75 Å². The minimum Gasteiger partial charge on any atom is -0.486 e. The maximum atomic E-state index is 10.5. The van der Waals surface area contributed by atoms with Gasteiger partial charge in [0.25, 0.3) is 0 Å². The highest BCUT2D eigenvalue weighted by Gasteiger charge is 2.05. The van der Waals surface area contributed by atoms with Gasteiger partial charge >= 0.3 is 0 Å². The summed E-state index contributed by atoms with van der Waals surface area (Å²) in [5.74, 6) is 1.25. The molecule has 0 aliphatic carbocycles. The van der Waals surface area contributed by atoms with E-state index >= 15 is 0 Å². The minimum absolute atomic E-state index is 0.250. The average Bonchev–Trinajstić information content (AvgIpc) is 2.43. The summed E-state index contributed by atoms with van der Waals surface area (Å²) >= 11 is 6.09. The summed E-state index contributed by atoms with van der Waals surface area (Å²) in [6.07, 6.45) is 3.64. The van der Waals surface area contributed by atoms with E-state index in [0.29, 0.717) is 17.7 Å². The van der Waals surface area contributed by atoms with Crippen LogP contribution in [-0.2, 0) is 6.61 Å². The second-order valence-electron chi connectivity index (χ2n) is 4.21. The number of aldehydes is 1. The summed E-state index contributed by atoms with van der Waals surface area (Å²) in [7, 11) is 0. The predicted octanol–water partition coefficient (Wildman–Crippen LogP) is 3.14. The van der Waals surface area contributed by atoms with Gasteiger partial charge in [-0.15, -0.1) is 0 Å². The van der Waals surface area contributed by atoms with E-state index in [-0.39, 0.29) is 6.61 Å². The molecule has 2 aromatic rings. The molecule has 1 aromatic carbocycles. The van der Waals surface area contributed by atoms with Crippen LogP contribution in [0.2, 0.25) is 5.02 Å². The fourth-order valence-corrected chi connectivity index (χ4v) is 1.75. The molecule has 0 spiro atoms. The summed E-state index contributed by atoms with van der Waals surface area (Å²) in [6, 6.07) is 3.74. The van der Waals surface area contributed by atoms with Crippen molar-refractivity contribution >= 4 is 17.9 Å². The van der Waals surface area contributed by atoms with Crippen LogP contribution in [-0.4, -0.2) is 16.3 Å². The van der Waals surface area contributed by atoms with Crippen molar-refractivity contribution in [3.63, 3.8) is 0 Å². The van der Waals surface area contributed by atoms with Gasteiger partial charge in [0.2, 0.25) is 0 Å². The molecule has 0 unspecified atom stereocenters. The van der Waals surface area contributed by atoms with Gasteiger partial charge in [-0.3, -0.25) is 4.79 Å². The third-order valence-corrected chi connectivity index (χ3v) is 3.24. The van der Waals surface area contributed by atoms with Gasteiger partial charge in [0, 0.05) is 17.4 Å². The molecule has 1 heterocycles. The molecule has 0 saturated carbocycles. The average molecular weight is 277 g/mol. The van der Waals surface area contributed by atoms with Gasteiger partial charge in [-0.1, -0.05) is 11.6 Å². The first kappa shape index (κ1) is 13.5. The zero-order valence-corrected chi connectivity index (χ0v) is 11.4. The highest BCUT2D eigenvalue weighted by atomic mass is 35.5. The molecule has 5 heteroatoms. The van der Waals surface area contributed by atoms with Crippen molar-refractivity contribution in [1.29, 1.82) is 0 Å². The van der Waals surface area contributed by atoms with E-state index in [2.05, 4.69) is 9.97 Å². The first-order chi connectivity index (χ1) is 9.10. The van der Waals surface area contributed by atoms with Crippen LogP contribution in [0.1, 0.15) is 27.3 Å². The van der Waals surface area contributed by atoms with E-state index in [9.17, 15) is 4.79 Å². The second kappa shape index (κ2) is 5.80. The smallest absolute Gasteiger partial charge is 0.166 e. The highest BCUT2D eigenvalue weighted by molar-refractivity contribution is 6.32. The Balaban J connectivity index is 2.07. The van der Waals surface area contributed by atoms with Gasteiger partial charge in [0.15, 0.2) is 12.1 Å². The molecular formula is C14H13ClN2O2. The van der Waals surface area contributed by atoms with Gasteiger partial charge in [-0.25, -0.2) is 9.97 Å². The van der Waals surface area contributed by atoms with Gasteiger partial charge in [-0.05, 0) is 37.1 Å². The Labute approximate surface area is 116 Å².